The molecule has 0 fully saturated rings. The van der Waals surface area contributed by atoms with Crippen LogP contribution >= 0.6 is 23.2 Å². The van der Waals surface area contributed by atoms with E-state index in [1.54, 1.807) is 35.5 Å². The maximum Gasteiger partial charge on any atom is 0.330 e. The minimum Gasteiger partial charge on any atom is -0.609 e. The summed E-state index contributed by atoms with van der Waals surface area (Å²) in [4.78, 5) is 36.5. The van der Waals surface area contributed by atoms with E-state index in [1.807, 2.05) is 6.92 Å². The number of nitrogens with zero attached hydrogens (tertiary/aromatic N) is 4. The standard InChI is InChI=1S/C21H18Cl2N4O3S/c1-12-5-7-24-10-18(12)27-20(29)14-6-8-26(11-17(14)25-21(27)31(2)30)19(28)13-3-4-15(22)16(23)9-13/h3-5,7,9-10H,6,8,11H2,1-2H3. The first kappa shape index (κ1) is 21.8. The van der Waals surface area contributed by atoms with Crippen molar-refractivity contribution in [3.05, 3.63) is 79.4 Å². The van der Waals surface area contributed by atoms with Crippen LogP contribution in [0.3, 0.4) is 0 Å². The molecule has 7 nitrogen and oxygen atoms in total. The van der Waals surface area contributed by atoms with Crippen molar-refractivity contribution in [2.75, 3.05) is 12.8 Å². The number of halogens is 2. The molecule has 2 aromatic heterocycles. The number of hydrogen-bond acceptors (Lipinski definition) is 5. The molecule has 0 saturated heterocycles. The second kappa shape index (κ2) is 8.63. The van der Waals surface area contributed by atoms with Gasteiger partial charge in [-0.05, 0) is 43.2 Å². The molecule has 160 valence electrons. The number of aromatic nitrogens is 3. The molecule has 1 atom stereocenters. The summed E-state index contributed by atoms with van der Waals surface area (Å²) in [7, 11) is 0. The van der Waals surface area contributed by atoms with Crippen molar-refractivity contribution in [3.63, 3.8) is 0 Å². The second-order valence-electron chi connectivity index (χ2n) is 7.18. The number of rotatable bonds is 3. The highest BCUT2D eigenvalue weighted by molar-refractivity contribution is 7.90. The van der Waals surface area contributed by atoms with Crippen molar-refractivity contribution in [3.8, 4) is 5.69 Å². The van der Waals surface area contributed by atoms with E-state index in [0.29, 0.717) is 45.5 Å². The first-order valence-corrected chi connectivity index (χ1v) is 11.7. The van der Waals surface area contributed by atoms with Gasteiger partial charge in [0.25, 0.3) is 11.5 Å². The van der Waals surface area contributed by atoms with Gasteiger partial charge in [0.1, 0.15) is 6.26 Å². The number of carbonyl (C=O) groups is 1. The van der Waals surface area contributed by atoms with Gasteiger partial charge in [0.2, 0.25) is 0 Å². The highest BCUT2D eigenvalue weighted by Gasteiger charge is 2.30. The van der Waals surface area contributed by atoms with Crippen LogP contribution in [0.25, 0.3) is 5.69 Å². The van der Waals surface area contributed by atoms with Crippen LogP contribution < -0.4 is 5.56 Å². The maximum absolute atomic E-state index is 13.3. The van der Waals surface area contributed by atoms with E-state index in [0.717, 1.165) is 5.56 Å². The average molecular weight is 477 g/mol. The number of fused-ring (bicyclic) bond motifs is 1. The SMILES string of the molecule is Cc1ccncc1-n1c([S+](C)[O-])nc2c(c1=O)CCN(C(=O)c1ccc(Cl)c(Cl)c1)C2. The van der Waals surface area contributed by atoms with Crippen molar-refractivity contribution in [2.24, 2.45) is 0 Å². The van der Waals surface area contributed by atoms with Crippen LogP contribution in [0, 0.1) is 6.92 Å². The molecular weight excluding hydrogens is 459 g/mol. The Morgan fingerprint density at radius 1 is 1.23 bits per heavy atom. The predicted octanol–water partition coefficient (Wildman–Crippen LogP) is 3.18. The zero-order valence-corrected chi connectivity index (χ0v) is 19.1. The van der Waals surface area contributed by atoms with Crippen LogP contribution in [0.2, 0.25) is 10.0 Å². The Hall–Kier alpha value is -2.39. The largest absolute Gasteiger partial charge is 0.609 e. The molecule has 3 aromatic rings. The van der Waals surface area contributed by atoms with Gasteiger partial charge >= 0.3 is 5.16 Å². The first-order chi connectivity index (χ1) is 14.8. The quantitative estimate of drug-likeness (QED) is 0.427. The van der Waals surface area contributed by atoms with E-state index >= 15 is 0 Å². The molecule has 4 rings (SSSR count). The number of hydrogen-bond donors (Lipinski definition) is 0. The molecule has 1 aromatic carbocycles. The average Bonchev–Trinajstić information content (AvgIpc) is 2.75. The van der Waals surface area contributed by atoms with Gasteiger partial charge in [-0.3, -0.25) is 14.6 Å². The lowest BCUT2D eigenvalue weighted by molar-refractivity contribution is 0.0730. The van der Waals surface area contributed by atoms with Gasteiger partial charge in [-0.2, -0.15) is 4.98 Å². The second-order valence-corrected chi connectivity index (χ2v) is 9.27. The lowest BCUT2D eigenvalue weighted by Crippen LogP contribution is -2.41. The molecule has 3 heterocycles. The molecule has 0 saturated carbocycles. The molecule has 0 radical (unpaired) electrons. The molecule has 31 heavy (non-hydrogen) atoms. The van der Waals surface area contributed by atoms with Gasteiger partial charge in [-0.1, -0.05) is 23.2 Å². The normalized spacial score (nSPS) is 14.3. The topological polar surface area (TPSA) is 91.2 Å². The molecule has 0 N–H and O–H groups in total. The minimum atomic E-state index is -1.53. The van der Waals surface area contributed by atoms with Crippen LogP contribution in [0.1, 0.15) is 27.2 Å². The smallest absolute Gasteiger partial charge is 0.330 e. The van der Waals surface area contributed by atoms with Crippen molar-refractivity contribution in [1.29, 1.82) is 0 Å². The van der Waals surface area contributed by atoms with Crippen LogP contribution in [-0.2, 0) is 24.1 Å². The van der Waals surface area contributed by atoms with Crippen LogP contribution in [0.4, 0.5) is 0 Å². The summed E-state index contributed by atoms with van der Waals surface area (Å²) in [6.45, 7) is 2.34. The fraction of sp³-hybridized carbons (Fsp3) is 0.238. The first-order valence-electron chi connectivity index (χ1n) is 9.41. The number of amides is 1. The van der Waals surface area contributed by atoms with E-state index in [-0.39, 0.29) is 23.2 Å². The summed E-state index contributed by atoms with van der Waals surface area (Å²) in [5.74, 6) is -0.238. The molecule has 0 spiro atoms. The third kappa shape index (κ3) is 4.08. The van der Waals surface area contributed by atoms with Gasteiger partial charge < -0.3 is 9.45 Å². The molecule has 0 bridgehead atoms. The van der Waals surface area contributed by atoms with Gasteiger partial charge in [0.15, 0.2) is 0 Å². The van der Waals surface area contributed by atoms with Gasteiger partial charge in [0, 0.05) is 35.0 Å². The third-order valence-corrected chi connectivity index (χ3v) is 6.69. The summed E-state index contributed by atoms with van der Waals surface area (Å²) >= 11 is 10.5. The number of aryl methyl sites for hydroxylation is 1. The van der Waals surface area contributed by atoms with Crippen LogP contribution in [0.5, 0.6) is 0 Å². The fourth-order valence-electron chi connectivity index (χ4n) is 3.55. The molecule has 1 aliphatic heterocycles. The fourth-order valence-corrected chi connectivity index (χ4v) is 4.52. The highest BCUT2D eigenvalue weighted by Crippen LogP contribution is 2.25. The Balaban J connectivity index is 1.75. The Kier molecular flexibility index (Phi) is 6.07. The zero-order valence-electron chi connectivity index (χ0n) is 16.8. The minimum absolute atomic E-state index is 0.128. The monoisotopic (exact) mass is 476 g/mol. The van der Waals surface area contributed by atoms with Crippen molar-refractivity contribution in [1.82, 2.24) is 19.4 Å². The van der Waals surface area contributed by atoms with E-state index in [4.69, 9.17) is 23.2 Å². The molecular formula is C21H18Cl2N4O3S. The number of benzene rings is 1. The summed E-state index contributed by atoms with van der Waals surface area (Å²) in [5, 5.41) is 0.787. The molecule has 10 heteroatoms. The van der Waals surface area contributed by atoms with E-state index in [9.17, 15) is 14.1 Å². The summed E-state index contributed by atoms with van der Waals surface area (Å²) < 4.78 is 13.8. The summed E-state index contributed by atoms with van der Waals surface area (Å²) in [5.41, 5.74) is 2.44. The summed E-state index contributed by atoms with van der Waals surface area (Å²) in [6, 6.07) is 6.47. The maximum atomic E-state index is 13.3. The van der Waals surface area contributed by atoms with Crippen molar-refractivity contribution >= 4 is 40.3 Å². The van der Waals surface area contributed by atoms with Crippen molar-refractivity contribution in [2.45, 2.75) is 25.0 Å². The Morgan fingerprint density at radius 2 is 2.00 bits per heavy atom. The predicted molar refractivity (Wildman–Crippen MR) is 120 cm³/mol. The number of pyridine rings is 1. The molecule has 1 amide bonds. The highest BCUT2D eigenvalue weighted by atomic mass is 35.5. The van der Waals surface area contributed by atoms with Crippen LogP contribution in [0.15, 0.2) is 46.6 Å². The number of carbonyl (C=O) groups excluding carboxylic acids is 1. The van der Waals surface area contributed by atoms with Gasteiger partial charge in [0.05, 0.1) is 34.2 Å². The lowest BCUT2D eigenvalue weighted by atomic mass is 10.0. The molecule has 0 aliphatic carbocycles. The zero-order chi connectivity index (χ0) is 22.3. The lowest BCUT2D eigenvalue weighted by Gasteiger charge is -2.29. The Labute approximate surface area is 191 Å². The van der Waals surface area contributed by atoms with E-state index in [2.05, 4.69) is 9.97 Å². The van der Waals surface area contributed by atoms with Crippen LogP contribution in [-0.4, -0.2) is 42.7 Å². The van der Waals surface area contributed by atoms with E-state index < -0.39 is 11.2 Å². The summed E-state index contributed by atoms with van der Waals surface area (Å²) in [6.07, 6.45) is 5.00. The molecule has 1 aliphatic rings. The van der Waals surface area contributed by atoms with Gasteiger partial charge in [-0.15, -0.1) is 0 Å². The third-order valence-electron chi connectivity index (χ3n) is 5.17. The Morgan fingerprint density at radius 3 is 2.68 bits per heavy atom. The van der Waals surface area contributed by atoms with Gasteiger partial charge in [-0.25, -0.2) is 4.57 Å². The molecule has 1 unspecified atom stereocenters. The van der Waals surface area contributed by atoms with Crippen molar-refractivity contribution < 1.29 is 9.35 Å². The Bertz CT molecular complexity index is 1250. The van der Waals surface area contributed by atoms with E-state index in [1.165, 1.54) is 16.9 Å².